The lowest BCUT2D eigenvalue weighted by molar-refractivity contribution is -0.191. The Kier molecular flexibility index (Phi) is 8.91. The van der Waals surface area contributed by atoms with E-state index in [1.165, 1.54) is 0 Å². The molecule has 172 valence electrons. The van der Waals surface area contributed by atoms with Crippen LogP contribution in [0.25, 0.3) is 0 Å². The minimum absolute atomic E-state index is 0.163. The van der Waals surface area contributed by atoms with Gasteiger partial charge in [-0.25, -0.2) is 0 Å². The van der Waals surface area contributed by atoms with Gasteiger partial charge in [0.15, 0.2) is 0 Å². The first-order valence-electron chi connectivity index (χ1n) is 10.5. The molecule has 1 saturated heterocycles. The number of terminal acetylenes is 1. The van der Waals surface area contributed by atoms with Crippen molar-refractivity contribution in [3.05, 3.63) is 59.7 Å². The maximum absolute atomic E-state index is 10.8. The monoisotopic (exact) mass is 441 g/mol. The summed E-state index contributed by atoms with van der Waals surface area (Å²) >= 11 is 0. The van der Waals surface area contributed by atoms with Gasteiger partial charge in [-0.3, -0.25) is 4.90 Å². The molecule has 7 nitrogen and oxygen atoms in total. The van der Waals surface area contributed by atoms with Crippen molar-refractivity contribution in [2.75, 3.05) is 33.9 Å². The largest absolute Gasteiger partial charge is 0.497 e. The zero-order valence-corrected chi connectivity index (χ0v) is 18.5. The number of rotatable bonds is 10. The molecule has 1 fully saturated rings. The van der Waals surface area contributed by atoms with Gasteiger partial charge in [0.25, 0.3) is 0 Å². The van der Waals surface area contributed by atoms with Crippen LogP contribution >= 0.6 is 0 Å². The van der Waals surface area contributed by atoms with Crippen molar-refractivity contribution in [3.63, 3.8) is 0 Å². The van der Waals surface area contributed by atoms with Crippen molar-refractivity contribution in [1.29, 1.82) is 0 Å². The van der Waals surface area contributed by atoms with Crippen molar-refractivity contribution in [1.82, 2.24) is 4.90 Å². The van der Waals surface area contributed by atoms with E-state index in [4.69, 9.17) is 25.4 Å². The Morgan fingerprint density at radius 1 is 0.906 bits per heavy atom. The molecule has 1 heterocycles. The smallest absolute Gasteiger partial charge is 0.118 e. The Bertz CT molecular complexity index is 863. The van der Waals surface area contributed by atoms with E-state index in [0.29, 0.717) is 26.3 Å². The maximum atomic E-state index is 10.8. The molecule has 3 rings (SSSR count). The maximum Gasteiger partial charge on any atom is 0.118 e. The zero-order chi connectivity index (χ0) is 22.9. The molecule has 0 amide bonds. The second-order valence-electron chi connectivity index (χ2n) is 7.70. The molecule has 0 spiro atoms. The number of hydrogen-bond acceptors (Lipinski definition) is 7. The van der Waals surface area contributed by atoms with Gasteiger partial charge in [-0.05, 0) is 35.4 Å². The number of piperidine rings is 1. The van der Waals surface area contributed by atoms with E-state index in [-0.39, 0.29) is 6.61 Å². The van der Waals surface area contributed by atoms with Gasteiger partial charge in [0.1, 0.15) is 23.7 Å². The SMILES string of the molecule is C#CCN1C[C@H](O)[C@@H](OCc2ccc(OC)cc2)[C@H](OCc2ccc(OC)cc2)[C@H]1CO. The average molecular weight is 442 g/mol. The molecule has 2 aromatic carbocycles. The Labute approximate surface area is 189 Å². The summed E-state index contributed by atoms with van der Waals surface area (Å²) in [5, 5.41) is 21.0. The van der Waals surface area contributed by atoms with Gasteiger partial charge in [0, 0.05) is 6.54 Å². The molecule has 0 aromatic heterocycles. The predicted octanol–water partition coefficient (Wildman–Crippen LogP) is 1.84. The lowest BCUT2D eigenvalue weighted by Crippen LogP contribution is -2.63. The van der Waals surface area contributed by atoms with E-state index in [0.717, 1.165) is 22.6 Å². The van der Waals surface area contributed by atoms with Gasteiger partial charge in [0.05, 0.1) is 52.7 Å². The van der Waals surface area contributed by atoms with E-state index in [9.17, 15) is 10.2 Å². The predicted molar refractivity (Wildman–Crippen MR) is 120 cm³/mol. The quantitative estimate of drug-likeness (QED) is 0.545. The molecular formula is C25H31NO6. The molecule has 2 N–H and O–H groups in total. The highest BCUT2D eigenvalue weighted by Gasteiger charge is 2.44. The number of likely N-dealkylation sites (tertiary alicyclic amines) is 1. The molecule has 0 radical (unpaired) electrons. The summed E-state index contributed by atoms with van der Waals surface area (Å²) in [6.07, 6.45) is 3.49. The summed E-state index contributed by atoms with van der Waals surface area (Å²) in [5.74, 6) is 4.12. The second-order valence-corrected chi connectivity index (χ2v) is 7.70. The third kappa shape index (κ3) is 6.00. The standard InChI is InChI=1S/C25H31NO6/c1-4-13-26-14-23(28)25(32-17-19-7-11-21(30-3)12-8-19)24(22(26)15-27)31-16-18-5-9-20(29-2)10-6-18/h1,5-12,22-25,27-28H,13-17H2,2-3H3/t22-,23+,24-,25-/m1/s1. The summed E-state index contributed by atoms with van der Waals surface area (Å²) in [5.41, 5.74) is 1.89. The van der Waals surface area contributed by atoms with Crippen LogP contribution in [-0.2, 0) is 22.7 Å². The first-order chi connectivity index (χ1) is 15.6. The van der Waals surface area contributed by atoms with E-state index in [2.05, 4.69) is 5.92 Å². The first-order valence-corrected chi connectivity index (χ1v) is 10.5. The minimum Gasteiger partial charge on any atom is -0.497 e. The topological polar surface area (TPSA) is 80.6 Å². The van der Waals surface area contributed by atoms with Crippen LogP contribution in [0.2, 0.25) is 0 Å². The number of nitrogens with zero attached hydrogens (tertiary/aromatic N) is 1. The first kappa shape index (κ1) is 24.1. The molecule has 0 bridgehead atoms. The third-order valence-corrected chi connectivity index (χ3v) is 5.66. The Hall–Kier alpha value is -2.60. The highest BCUT2D eigenvalue weighted by molar-refractivity contribution is 5.27. The highest BCUT2D eigenvalue weighted by Crippen LogP contribution is 2.26. The van der Waals surface area contributed by atoms with Gasteiger partial charge >= 0.3 is 0 Å². The van der Waals surface area contributed by atoms with Crippen molar-refractivity contribution in [3.8, 4) is 23.8 Å². The van der Waals surface area contributed by atoms with E-state index in [1.54, 1.807) is 14.2 Å². The minimum atomic E-state index is -0.815. The van der Waals surface area contributed by atoms with Crippen LogP contribution in [0.1, 0.15) is 11.1 Å². The summed E-state index contributed by atoms with van der Waals surface area (Å²) in [6, 6.07) is 14.7. The van der Waals surface area contributed by atoms with Crippen molar-refractivity contribution in [2.45, 2.75) is 37.6 Å². The van der Waals surface area contributed by atoms with Gasteiger partial charge in [-0.1, -0.05) is 30.2 Å². The van der Waals surface area contributed by atoms with Crippen molar-refractivity contribution < 1.29 is 29.2 Å². The van der Waals surface area contributed by atoms with Crippen LogP contribution in [0.4, 0.5) is 0 Å². The number of aliphatic hydroxyl groups excluding tert-OH is 2. The number of benzene rings is 2. The van der Waals surface area contributed by atoms with Crippen LogP contribution in [0, 0.1) is 12.3 Å². The molecule has 0 unspecified atom stereocenters. The molecule has 2 aromatic rings. The molecule has 0 aliphatic carbocycles. The summed E-state index contributed by atoms with van der Waals surface area (Å²) in [4.78, 5) is 1.86. The molecule has 1 aliphatic heterocycles. The fourth-order valence-electron chi connectivity index (χ4n) is 3.88. The molecule has 7 heteroatoms. The van der Waals surface area contributed by atoms with Crippen LogP contribution in [0.3, 0.4) is 0 Å². The van der Waals surface area contributed by atoms with Crippen LogP contribution in [0.15, 0.2) is 48.5 Å². The summed E-state index contributed by atoms with van der Waals surface area (Å²) < 4.78 is 22.7. The lowest BCUT2D eigenvalue weighted by Gasteiger charge is -2.46. The van der Waals surface area contributed by atoms with Crippen molar-refractivity contribution >= 4 is 0 Å². The van der Waals surface area contributed by atoms with E-state index in [1.807, 2.05) is 53.4 Å². The molecule has 4 atom stereocenters. The third-order valence-electron chi connectivity index (χ3n) is 5.66. The molecule has 0 saturated carbocycles. The van der Waals surface area contributed by atoms with Crippen LogP contribution in [-0.4, -0.2) is 73.4 Å². The highest BCUT2D eigenvalue weighted by atomic mass is 16.6. The lowest BCUT2D eigenvalue weighted by atomic mass is 9.93. The van der Waals surface area contributed by atoms with Crippen molar-refractivity contribution in [2.24, 2.45) is 0 Å². The molecule has 1 aliphatic rings. The van der Waals surface area contributed by atoms with Crippen LogP contribution in [0.5, 0.6) is 11.5 Å². The number of aliphatic hydroxyl groups is 2. The van der Waals surface area contributed by atoms with Gasteiger partial charge in [-0.15, -0.1) is 6.42 Å². The fraction of sp³-hybridized carbons (Fsp3) is 0.440. The number of β-amino-alcohol motifs (C(OH)–C–C–N with tert-alkyl or cyclic N) is 1. The number of ether oxygens (including phenoxy) is 4. The zero-order valence-electron chi connectivity index (χ0n) is 18.5. The fourth-order valence-corrected chi connectivity index (χ4v) is 3.88. The second kappa shape index (κ2) is 11.9. The van der Waals surface area contributed by atoms with Crippen LogP contribution < -0.4 is 9.47 Å². The van der Waals surface area contributed by atoms with E-state index < -0.39 is 24.4 Å². The Morgan fingerprint density at radius 2 is 1.41 bits per heavy atom. The Balaban J connectivity index is 1.74. The number of hydrogen-bond donors (Lipinski definition) is 2. The summed E-state index contributed by atoms with van der Waals surface area (Å²) in [7, 11) is 3.23. The van der Waals surface area contributed by atoms with Gasteiger partial charge < -0.3 is 29.2 Å². The van der Waals surface area contributed by atoms with Gasteiger partial charge in [0.2, 0.25) is 0 Å². The summed E-state index contributed by atoms with van der Waals surface area (Å²) in [6.45, 7) is 1.02. The average Bonchev–Trinajstić information content (AvgIpc) is 2.83. The normalized spacial score (nSPS) is 23.5. The van der Waals surface area contributed by atoms with Gasteiger partial charge in [-0.2, -0.15) is 0 Å². The Morgan fingerprint density at radius 3 is 1.84 bits per heavy atom. The van der Waals surface area contributed by atoms with E-state index >= 15 is 0 Å². The number of methoxy groups -OCH3 is 2. The molecular weight excluding hydrogens is 410 g/mol. The molecule has 32 heavy (non-hydrogen) atoms.